The Balaban J connectivity index is 1.88. The van der Waals surface area contributed by atoms with Crippen molar-refractivity contribution in [2.75, 3.05) is 23.5 Å². The van der Waals surface area contributed by atoms with Gasteiger partial charge in [0.15, 0.2) is 0 Å². The second-order valence-electron chi connectivity index (χ2n) is 6.22. The first-order valence-electron chi connectivity index (χ1n) is 8.56. The molecule has 0 spiro atoms. The van der Waals surface area contributed by atoms with E-state index in [0.717, 1.165) is 25.7 Å². The highest BCUT2D eigenvalue weighted by atomic mass is 16.6. The lowest BCUT2D eigenvalue weighted by Crippen LogP contribution is -2.24. The number of benzene rings is 1. The maximum absolute atomic E-state index is 11.4. The predicted octanol–water partition coefficient (Wildman–Crippen LogP) is 3.46. The molecule has 1 fully saturated rings. The van der Waals surface area contributed by atoms with E-state index < -0.39 is 4.92 Å². The van der Waals surface area contributed by atoms with Crippen molar-refractivity contribution in [3.63, 3.8) is 0 Å². The predicted molar refractivity (Wildman–Crippen MR) is 99.9 cm³/mol. The Kier molecular flexibility index (Phi) is 5.35. The van der Waals surface area contributed by atoms with Crippen LogP contribution in [-0.2, 0) is 0 Å². The molecule has 0 amide bonds. The van der Waals surface area contributed by atoms with E-state index in [2.05, 4.69) is 20.6 Å². The van der Waals surface area contributed by atoms with Gasteiger partial charge in [-0.05, 0) is 37.1 Å². The van der Waals surface area contributed by atoms with Crippen molar-refractivity contribution in [1.82, 2.24) is 9.97 Å². The number of rotatable bonds is 6. The van der Waals surface area contributed by atoms with Crippen LogP contribution in [0.5, 0.6) is 5.75 Å². The summed E-state index contributed by atoms with van der Waals surface area (Å²) in [7, 11) is 1.57. The molecule has 1 aliphatic rings. The highest BCUT2D eigenvalue weighted by Gasteiger charge is 2.24. The highest BCUT2D eigenvalue weighted by Crippen LogP contribution is 2.32. The van der Waals surface area contributed by atoms with Crippen LogP contribution in [0.3, 0.4) is 0 Å². The van der Waals surface area contributed by atoms with E-state index in [1.165, 1.54) is 6.42 Å². The van der Waals surface area contributed by atoms with Crippen molar-refractivity contribution in [3.8, 4) is 5.75 Å². The minimum Gasteiger partial charge on any atom is -0.497 e. The first kappa shape index (κ1) is 17.7. The third-order valence-electron chi connectivity index (χ3n) is 4.38. The summed E-state index contributed by atoms with van der Waals surface area (Å²) >= 11 is 0. The van der Waals surface area contributed by atoms with E-state index >= 15 is 0 Å². The molecule has 0 atom stereocenters. The lowest BCUT2D eigenvalue weighted by Gasteiger charge is -2.23. The number of aromatic nitrogens is 2. The maximum atomic E-state index is 11.4. The van der Waals surface area contributed by atoms with Gasteiger partial charge >= 0.3 is 5.69 Å². The van der Waals surface area contributed by atoms with Crippen LogP contribution in [0.2, 0.25) is 0 Å². The largest absolute Gasteiger partial charge is 0.497 e. The molecule has 4 N–H and O–H groups in total. The molecule has 1 aromatic carbocycles. The number of nitrogens with one attached hydrogen (secondary N) is 2. The van der Waals surface area contributed by atoms with E-state index in [1.807, 2.05) is 0 Å². The van der Waals surface area contributed by atoms with Crippen LogP contribution >= 0.6 is 0 Å². The number of hydrogen-bond acceptors (Lipinski definition) is 8. The first-order chi connectivity index (χ1) is 12.6. The molecule has 1 aromatic heterocycles. The molecule has 9 heteroatoms. The van der Waals surface area contributed by atoms with E-state index in [1.54, 1.807) is 31.4 Å². The van der Waals surface area contributed by atoms with Gasteiger partial charge in [0.25, 0.3) is 0 Å². The summed E-state index contributed by atoms with van der Waals surface area (Å²) in [5.41, 5.74) is 6.13. The smallest absolute Gasteiger partial charge is 0.353 e. The Hall–Kier alpha value is -3.10. The molecule has 3 rings (SSSR count). The van der Waals surface area contributed by atoms with Crippen molar-refractivity contribution < 1.29 is 9.66 Å². The minimum atomic E-state index is -0.578. The number of anilines is 4. The van der Waals surface area contributed by atoms with Crippen LogP contribution in [0.25, 0.3) is 0 Å². The summed E-state index contributed by atoms with van der Waals surface area (Å²) in [6.07, 6.45) is 5.59. The molecule has 0 unspecified atom stereocenters. The van der Waals surface area contributed by atoms with Crippen LogP contribution in [0.4, 0.5) is 29.0 Å². The van der Waals surface area contributed by atoms with Crippen molar-refractivity contribution in [1.29, 1.82) is 0 Å². The second kappa shape index (κ2) is 7.85. The number of methoxy groups -OCH3 is 1. The average molecular weight is 358 g/mol. The number of hydrogen-bond donors (Lipinski definition) is 3. The Morgan fingerprint density at radius 1 is 1.19 bits per heavy atom. The van der Waals surface area contributed by atoms with Gasteiger partial charge in [0, 0.05) is 11.7 Å². The lowest BCUT2D eigenvalue weighted by molar-refractivity contribution is -0.383. The van der Waals surface area contributed by atoms with Gasteiger partial charge in [-0.2, -0.15) is 9.97 Å². The van der Waals surface area contributed by atoms with Crippen LogP contribution in [-0.4, -0.2) is 28.0 Å². The quantitative estimate of drug-likeness (QED) is 0.529. The SMILES string of the molecule is COc1ccc(Nc2nc(NC3CCCCC3)nc(N)c2[N+](=O)[O-])cc1. The number of nitrogens with two attached hydrogens (primary N) is 1. The molecule has 1 aliphatic carbocycles. The van der Waals surface area contributed by atoms with Crippen molar-refractivity contribution >= 4 is 29.0 Å². The summed E-state index contributed by atoms with van der Waals surface area (Å²) in [5.74, 6) is 0.883. The zero-order valence-electron chi connectivity index (χ0n) is 14.6. The molecule has 0 saturated heterocycles. The molecule has 2 aromatic rings. The van der Waals surface area contributed by atoms with Gasteiger partial charge in [0.1, 0.15) is 5.75 Å². The van der Waals surface area contributed by atoms with Crippen molar-refractivity contribution in [2.45, 2.75) is 38.1 Å². The normalized spacial score (nSPS) is 14.7. The molecule has 0 radical (unpaired) electrons. The Labute approximate surface area is 151 Å². The van der Waals surface area contributed by atoms with Gasteiger partial charge in [0.2, 0.25) is 17.6 Å². The first-order valence-corrected chi connectivity index (χ1v) is 8.56. The molecule has 1 saturated carbocycles. The standard InChI is InChI=1S/C17H22N6O3/c1-26-13-9-7-12(8-10-13)19-16-14(23(24)25)15(18)21-17(22-16)20-11-5-3-2-4-6-11/h7-11H,2-6H2,1H3,(H4,18,19,20,21,22). The monoisotopic (exact) mass is 358 g/mol. The zero-order valence-corrected chi connectivity index (χ0v) is 14.6. The Bertz CT molecular complexity index is 775. The number of nitrogens with zero attached hydrogens (tertiary/aromatic N) is 3. The number of nitrogen functional groups attached to an aromatic ring is 1. The molecule has 26 heavy (non-hydrogen) atoms. The fourth-order valence-electron chi connectivity index (χ4n) is 3.04. The van der Waals surface area contributed by atoms with E-state index in [0.29, 0.717) is 17.4 Å². The topological polar surface area (TPSA) is 128 Å². The summed E-state index contributed by atoms with van der Waals surface area (Å²) in [5, 5.41) is 17.6. The molecule has 0 aliphatic heterocycles. The maximum Gasteiger partial charge on any atom is 0.353 e. The van der Waals surface area contributed by atoms with Crippen LogP contribution in [0, 0.1) is 10.1 Å². The molecule has 0 bridgehead atoms. The molecular formula is C17H22N6O3. The molecule has 138 valence electrons. The van der Waals surface area contributed by atoms with Crippen molar-refractivity contribution in [3.05, 3.63) is 34.4 Å². The van der Waals surface area contributed by atoms with Gasteiger partial charge in [0.05, 0.1) is 12.0 Å². The lowest BCUT2D eigenvalue weighted by atomic mass is 9.96. The molecule has 1 heterocycles. The fourth-order valence-corrected chi connectivity index (χ4v) is 3.04. The summed E-state index contributed by atoms with van der Waals surface area (Å²) in [6.45, 7) is 0. The summed E-state index contributed by atoms with van der Waals surface area (Å²) < 4.78 is 5.11. The van der Waals surface area contributed by atoms with Gasteiger partial charge in [-0.3, -0.25) is 10.1 Å². The molecule has 9 nitrogen and oxygen atoms in total. The third kappa shape index (κ3) is 4.11. The van der Waals surface area contributed by atoms with E-state index in [4.69, 9.17) is 10.5 Å². The zero-order chi connectivity index (χ0) is 18.5. The Morgan fingerprint density at radius 2 is 1.88 bits per heavy atom. The van der Waals surface area contributed by atoms with Gasteiger partial charge < -0.3 is 21.1 Å². The van der Waals surface area contributed by atoms with E-state index in [-0.39, 0.29) is 23.4 Å². The third-order valence-corrected chi connectivity index (χ3v) is 4.38. The van der Waals surface area contributed by atoms with Crippen LogP contribution < -0.4 is 21.1 Å². The van der Waals surface area contributed by atoms with Gasteiger partial charge in [-0.15, -0.1) is 0 Å². The van der Waals surface area contributed by atoms with Crippen LogP contribution in [0.15, 0.2) is 24.3 Å². The fraction of sp³-hybridized carbons (Fsp3) is 0.412. The number of ether oxygens (including phenoxy) is 1. The summed E-state index contributed by atoms with van der Waals surface area (Å²) in [4.78, 5) is 19.2. The summed E-state index contributed by atoms with van der Waals surface area (Å²) in [6, 6.07) is 7.25. The average Bonchev–Trinajstić information content (AvgIpc) is 2.62. The second-order valence-corrected chi connectivity index (χ2v) is 6.22. The van der Waals surface area contributed by atoms with E-state index in [9.17, 15) is 10.1 Å². The van der Waals surface area contributed by atoms with Crippen LogP contribution in [0.1, 0.15) is 32.1 Å². The van der Waals surface area contributed by atoms with Gasteiger partial charge in [-0.1, -0.05) is 19.3 Å². The highest BCUT2D eigenvalue weighted by molar-refractivity contribution is 5.74. The number of nitro groups is 1. The Morgan fingerprint density at radius 3 is 2.50 bits per heavy atom. The molecular weight excluding hydrogens is 336 g/mol. The van der Waals surface area contributed by atoms with Crippen molar-refractivity contribution in [2.24, 2.45) is 0 Å². The minimum absolute atomic E-state index is 0.0611. The van der Waals surface area contributed by atoms with Gasteiger partial charge in [-0.25, -0.2) is 0 Å².